The smallest absolute Gasteiger partial charge is 0.224 e. The SMILES string of the molecule is CC1CCC(CO)(NC(=O)Cc2ccc(N)cc2)CC1. The van der Waals surface area contributed by atoms with E-state index in [2.05, 4.69) is 12.2 Å². The van der Waals surface area contributed by atoms with Gasteiger partial charge in [-0.3, -0.25) is 4.79 Å². The molecule has 0 heterocycles. The number of nitrogens with one attached hydrogen (secondary N) is 1. The third-order valence-electron chi connectivity index (χ3n) is 4.28. The van der Waals surface area contributed by atoms with E-state index in [0.717, 1.165) is 31.2 Å². The van der Waals surface area contributed by atoms with E-state index in [0.29, 0.717) is 18.0 Å². The molecule has 1 amide bonds. The van der Waals surface area contributed by atoms with Gasteiger partial charge < -0.3 is 16.2 Å². The molecule has 0 spiro atoms. The van der Waals surface area contributed by atoms with Crippen molar-refractivity contribution in [3.8, 4) is 0 Å². The number of nitrogens with two attached hydrogens (primary N) is 1. The van der Waals surface area contributed by atoms with Gasteiger partial charge in [-0.1, -0.05) is 19.1 Å². The largest absolute Gasteiger partial charge is 0.399 e. The summed E-state index contributed by atoms with van der Waals surface area (Å²) in [7, 11) is 0. The molecule has 0 saturated heterocycles. The lowest BCUT2D eigenvalue weighted by Crippen LogP contribution is -2.53. The number of rotatable bonds is 4. The summed E-state index contributed by atoms with van der Waals surface area (Å²) in [5, 5.41) is 12.7. The molecular weight excluding hydrogens is 252 g/mol. The summed E-state index contributed by atoms with van der Waals surface area (Å²) in [5.41, 5.74) is 6.84. The normalized spacial score (nSPS) is 26.2. The van der Waals surface area contributed by atoms with E-state index in [1.807, 2.05) is 12.1 Å². The van der Waals surface area contributed by atoms with Crippen LogP contribution >= 0.6 is 0 Å². The molecule has 1 aromatic carbocycles. The van der Waals surface area contributed by atoms with Crippen molar-refractivity contribution in [1.82, 2.24) is 5.32 Å². The third kappa shape index (κ3) is 3.73. The predicted octanol–water partition coefficient (Wildman–Crippen LogP) is 1.87. The summed E-state index contributed by atoms with van der Waals surface area (Å²) in [5.74, 6) is 0.655. The second kappa shape index (κ2) is 6.27. The first-order valence-electron chi connectivity index (χ1n) is 7.29. The van der Waals surface area contributed by atoms with Gasteiger partial charge in [0.1, 0.15) is 0 Å². The average Bonchev–Trinajstić information content (AvgIpc) is 2.44. The van der Waals surface area contributed by atoms with Crippen molar-refractivity contribution in [3.05, 3.63) is 29.8 Å². The highest BCUT2D eigenvalue weighted by Crippen LogP contribution is 2.31. The summed E-state index contributed by atoms with van der Waals surface area (Å²) in [4.78, 5) is 12.2. The summed E-state index contributed by atoms with van der Waals surface area (Å²) in [6.45, 7) is 2.24. The number of carbonyl (C=O) groups is 1. The molecule has 20 heavy (non-hydrogen) atoms. The summed E-state index contributed by atoms with van der Waals surface area (Å²) in [6, 6.07) is 7.33. The molecule has 4 heteroatoms. The van der Waals surface area contributed by atoms with Gasteiger partial charge in [-0.2, -0.15) is 0 Å². The molecule has 4 nitrogen and oxygen atoms in total. The van der Waals surface area contributed by atoms with Crippen molar-refractivity contribution in [3.63, 3.8) is 0 Å². The van der Waals surface area contributed by atoms with Crippen LogP contribution in [0.1, 0.15) is 38.2 Å². The Hall–Kier alpha value is -1.55. The molecule has 0 aliphatic heterocycles. The lowest BCUT2D eigenvalue weighted by atomic mass is 9.77. The Bertz CT molecular complexity index is 448. The second-order valence-corrected chi connectivity index (χ2v) is 6.09. The molecule has 2 rings (SSSR count). The van der Waals surface area contributed by atoms with Gasteiger partial charge in [0.05, 0.1) is 18.6 Å². The van der Waals surface area contributed by atoms with Gasteiger partial charge in [-0.15, -0.1) is 0 Å². The van der Waals surface area contributed by atoms with Crippen molar-refractivity contribution < 1.29 is 9.90 Å². The van der Waals surface area contributed by atoms with Crippen LogP contribution in [0.25, 0.3) is 0 Å². The molecule has 0 atom stereocenters. The molecule has 1 aliphatic carbocycles. The highest BCUT2D eigenvalue weighted by Gasteiger charge is 2.34. The molecule has 1 aliphatic rings. The molecule has 1 saturated carbocycles. The first kappa shape index (κ1) is 14.9. The Labute approximate surface area is 120 Å². The molecule has 0 radical (unpaired) electrons. The maximum Gasteiger partial charge on any atom is 0.224 e. The number of aliphatic hydroxyl groups excluding tert-OH is 1. The minimum Gasteiger partial charge on any atom is -0.399 e. The lowest BCUT2D eigenvalue weighted by molar-refractivity contribution is -0.123. The van der Waals surface area contributed by atoms with Crippen LogP contribution in [0.3, 0.4) is 0 Å². The number of nitrogen functional groups attached to an aromatic ring is 1. The minimum atomic E-state index is -0.419. The van der Waals surface area contributed by atoms with Crippen molar-refractivity contribution >= 4 is 11.6 Å². The fourth-order valence-corrected chi connectivity index (χ4v) is 2.80. The molecule has 0 unspecified atom stereocenters. The van der Waals surface area contributed by atoms with Gasteiger partial charge in [-0.25, -0.2) is 0 Å². The van der Waals surface area contributed by atoms with Crippen LogP contribution in [-0.4, -0.2) is 23.2 Å². The highest BCUT2D eigenvalue weighted by molar-refractivity contribution is 5.79. The molecule has 1 aromatic rings. The first-order valence-corrected chi connectivity index (χ1v) is 7.29. The molecule has 110 valence electrons. The molecule has 4 N–H and O–H groups in total. The average molecular weight is 276 g/mol. The van der Waals surface area contributed by atoms with Gasteiger partial charge in [0.15, 0.2) is 0 Å². The van der Waals surface area contributed by atoms with Crippen LogP contribution in [-0.2, 0) is 11.2 Å². The predicted molar refractivity (Wildman–Crippen MR) is 80.1 cm³/mol. The Morgan fingerprint density at radius 3 is 2.50 bits per heavy atom. The maximum atomic E-state index is 12.2. The van der Waals surface area contributed by atoms with Gasteiger partial charge in [0.2, 0.25) is 5.91 Å². The van der Waals surface area contributed by atoms with Crippen molar-refractivity contribution in [2.24, 2.45) is 5.92 Å². The number of amides is 1. The minimum absolute atomic E-state index is 0.0210. The monoisotopic (exact) mass is 276 g/mol. The number of benzene rings is 1. The first-order chi connectivity index (χ1) is 9.53. The number of aliphatic hydroxyl groups is 1. The number of hydrogen-bond acceptors (Lipinski definition) is 3. The fraction of sp³-hybridized carbons (Fsp3) is 0.562. The maximum absolute atomic E-state index is 12.2. The number of anilines is 1. The second-order valence-electron chi connectivity index (χ2n) is 6.09. The van der Waals surface area contributed by atoms with Crippen LogP contribution in [0.2, 0.25) is 0 Å². The van der Waals surface area contributed by atoms with Crippen molar-refractivity contribution in [2.75, 3.05) is 12.3 Å². The zero-order valence-corrected chi connectivity index (χ0v) is 12.1. The topological polar surface area (TPSA) is 75.3 Å². The van der Waals surface area contributed by atoms with Crippen LogP contribution in [0, 0.1) is 5.92 Å². The van der Waals surface area contributed by atoms with Crippen molar-refractivity contribution in [1.29, 1.82) is 0 Å². The standard InChI is InChI=1S/C16H24N2O2/c1-12-6-8-16(11-19,9-7-12)18-15(20)10-13-2-4-14(17)5-3-13/h2-5,12,19H,6-11,17H2,1H3,(H,18,20). The van der Waals surface area contributed by atoms with Gasteiger partial charge in [0.25, 0.3) is 0 Å². The van der Waals surface area contributed by atoms with E-state index >= 15 is 0 Å². The van der Waals surface area contributed by atoms with Gasteiger partial charge in [-0.05, 0) is 49.3 Å². The van der Waals surface area contributed by atoms with Crippen LogP contribution in [0.15, 0.2) is 24.3 Å². The Balaban J connectivity index is 1.94. The molecule has 1 fully saturated rings. The Kier molecular flexibility index (Phi) is 4.65. The lowest BCUT2D eigenvalue weighted by Gasteiger charge is -2.38. The third-order valence-corrected chi connectivity index (χ3v) is 4.28. The van der Waals surface area contributed by atoms with E-state index in [1.54, 1.807) is 12.1 Å². The van der Waals surface area contributed by atoms with E-state index in [-0.39, 0.29) is 12.5 Å². The van der Waals surface area contributed by atoms with Crippen molar-refractivity contribution in [2.45, 2.75) is 44.6 Å². The summed E-state index contributed by atoms with van der Waals surface area (Å²) < 4.78 is 0. The zero-order valence-electron chi connectivity index (χ0n) is 12.1. The Morgan fingerprint density at radius 2 is 1.95 bits per heavy atom. The van der Waals surface area contributed by atoms with E-state index in [1.165, 1.54) is 0 Å². The van der Waals surface area contributed by atoms with Crippen LogP contribution < -0.4 is 11.1 Å². The molecule has 0 aromatic heterocycles. The number of hydrogen-bond donors (Lipinski definition) is 3. The van der Waals surface area contributed by atoms with E-state index in [4.69, 9.17) is 5.73 Å². The zero-order chi connectivity index (χ0) is 14.6. The quantitative estimate of drug-likeness (QED) is 0.735. The molecular formula is C16H24N2O2. The number of carbonyl (C=O) groups excluding carboxylic acids is 1. The van der Waals surface area contributed by atoms with E-state index in [9.17, 15) is 9.90 Å². The molecule has 0 bridgehead atoms. The summed E-state index contributed by atoms with van der Waals surface area (Å²) in [6.07, 6.45) is 4.17. The van der Waals surface area contributed by atoms with E-state index < -0.39 is 5.54 Å². The Morgan fingerprint density at radius 1 is 1.35 bits per heavy atom. The van der Waals surface area contributed by atoms with Gasteiger partial charge in [0, 0.05) is 5.69 Å². The van der Waals surface area contributed by atoms with Crippen LogP contribution in [0.4, 0.5) is 5.69 Å². The summed E-state index contributed by atoms with van der Waals surface area (Å²) >= 11 is 0. The highest BCUT2D eigenvalue weighted by atomic mass is 16.3. The fourth-order valence-electron chi connectivity index (χ4n) is 2.80. The van der Waals surface area contributed by atoms with Gasteiger partial charge >= 0.3 is 0 Å². The van der Waals surface area contributed by atoms with Crippen LogP contribution in [0.5, 0.6) is 0 Å².